The van der Waals surface area contributed by atoms with Gasteiger partial charge in [0.25, 0.3) is 5.91 Å². The van der Waals surface area contributed by atoms with E-state index in [-0.39, 0.29) is 22.8 Å². The van der Waals surface area contributed by atoms with Crippen molar-refractivity contribution >= 4 is 5.91 Å². The number of aromatic amines is 1. The molecule has 2 unspecified atom stereocenters. The minimum absolute atomic E-state index is 0.0514. The summed E-state index contributed by atoms with van der Waals surface area (Å²) in [6, 6.07) is 5.93. The van der Waals surface area contributed by atoms with Crippen LogP contribution in [0.4, 0.5) is 0 Å². The van der Waals surface area contributed by atoms with Gasteiger partial charge in [0.05, 0.1) is 0 Å². The van der Waals surface area contributed by atoms with Crippen LogP contribution in [0, 0.1) is 5.41 Å². The zero-order chi connectivity index (χ0) is 19.7. The number of aromatic hydroxyl groups is 1. The third-order valence-corrected chi connectivity index (χ3v) is 8.15. The molecule has 2 aliphatic carbocycles. The van der Waals surface area contributed by atoms with Gasteiger partial charge >= 0.3 is 0 Å². The van der Waals surface area contributed by atoms with Gasteiger partial charge in [0, 0.05) is 29.3 Å². The van der Waals surface area contributed by atoms with Crippen molar-refractivity contribution in [3.63, 3.8) is 0 Å². The lowest BCUT2D eigenvalue weighted by atomic mass is 9.51. The number of aryl methyl sites for hydroxylation is 1. The van der Waals surface area contributed by atoms with Gasteiger partial charge in [-0.15, -0.1) is 0 Å². The lowest BCUT2D eigenvalue weighted by Crippen LogP contribution is -2.65. The van der Waals surface area contributed by atoms with Gasteiger partial charge in [-0.05, 0) is 61.1 Å². The van der Waals surface area contributed by atoms with Crippen LogP contribution in [-0.4, -0.2) is 38.7 Å². The van der Waals surface area contributed by atoms with Crippen molar-refractivity contribution in [3.05, 3.63) is 46.3 Å². The first-order valence-corrected chi connectivity index (χ1v) is 10.5. The highest BCUT2D eigenvalue weighted by Crippen LogP contribution is 2.57. The summed E-state index contributed by atoms with van der Waals surface area (Å²) in [6.07, 6.45) is 5.81. The molecule has 5 nitrogen and oxygen atoms in total. The third kappa shape index (κ3) is 2.19. The lowest BCUT2D eigenvalue weighted by molar-refractivity contribution is -0.0269. The number of phenolic OH excluding ortho intramolecular Hbond substituents is 1. The molecule has 2 atom stereocenters. The van der Waals surface area contributed by atoms with Crippen molar-refractivity contribution in [2.75, 3.05) is 6.54 Å². The number of carbonyl (C=O) groups excluding carboxylic acids is 1. The fourth-order valence-electron chi connectivity index (χ4n) is 5.96. The summed E-state index contributed by atoms with van der Waals surface area (Å²) >= 11 is 0. The van der Waals surface area contributed by atoms with Crippen molar-refractivity contribution in [2.24, 2.45) is 5.41 Å². The molecular weight excluding hydrogens is 350 g/mol. The summed E-state index contributed by atoms with van der Waals surface area (Å²) in [5.74, 6) is 0.411. The normalized spacial score (nSPS) is 27.8. The van der Waals surface area contributed by atoms with Gasteiger partial charge in [-0.3, -0.25) is 9.89 Å². The molecule has 1 aromatic carbocycles. The summed E-state index contributed by atoms with van der Waals surface area (Å²) in [5, 5.41) is 18.1. The van der Waals surface area contributed by atoms with E-state index in [9.17, 15) is 9.90 Å². The Bertz CT molecular complexity index is 961. The molecule has 2 bridgehead atoms. The van der Waals surface area contributed by atoms with Crippen molar-refractivity contribution in [1.82, 2.24) is 15.1 Å². The monoisotopic (exact) mass is 379 g/mol. The van der Waals surface area contributed by atoms with Crippen LogP contribution < -0.4 is 0 Å². The predicted octanol–water partition coefficient (Wildman–Crippen LogP) is 3.75. The summed E-state index contributed by atoms with van der Waals surface area (Å²) in [7, 11) is 0. The maximum absolute atomic E-state index is 13.6. The van der Waals surface area contributed by atoms with Gasteiger partial charge in [0.1, 0.15) is 5.75 Å². The number of rotatable bonds is 1. The van der Waals surface area contributed by atoms with E-state index in [0.29, 0.717) is 17.9 Å². The number of amides is 1. The van der Waals surface area contributed by atoms with Gasteiger partial charge in [0.2, 0.25) is 0 Å². The van der Waals surface area contributed by atoms with E-state index in [2.05, 4.69) is 37.0 Å². The molecule has 28 heavy (non-hydrogen) atoms. The number of likely N-dealkylation sites (tertiary alicyclic amines) is 1. The van der Waals surface area contributed by atoms with Crippen molar-refractivity contribution < 1.29 is 9.90 Å². The van der Waals surface area contributed by atoms with Crippen LogP contribution in [0.1, 0.15) is 72.9 Å². The molecule has 1 fully saturated rings. The average Bonchev–Trinajstić information content (AvgIpc) is 3.09. The fourth-order valence-corrected chi connectivity index (χ4v) is 5.96. The molecule has 148 valence electrons. The number of nitrogens with one attached hydrogen (secondary N) is 1. The first-order chi connectivity index (χ1) is 13.3. The molecule has 3 aliphatic rings. The Morgan fingerprint density at radius 1 is 1.21 bits per heavy atom. The average molecular weight is 380 g/mol. The van der Waals surface area contributed by atoms with Crippen LogP contribution in [0.3, 0.4) is 0 Å². The largest absolute Gasteiger partial charge is 0.508 e. The van der Waals surface area contributed by atoms with Crippen LogP contribution in [-0.2, 0) is 24.7 Å². The predicted molar refractivity (Wildman–Crippen MR) is 108 cm³/mol. The second-order valence-electron chi connectivity index (χ2n) is 9.56. The Hall–Kier alpha value is -2.30. The van der Waals surface area contributed by atoms with Crippen molar-refractivity contribution in [3.8, 4) is 5.75 Å². The quantitative estimate of drug-likeness (QED) is 0.793. The number of nitrogens with zero attached hydrogens (tertiary/aromatic N) is 2. The minimum Gasteiger partial charge on any atom is -0.508 e. The number of piperidine rings is 1. The number of aromatic nitrogens is 2. The first-order valence-electron chi connectivity index (χ1n) is 10.5. The van der Waals surface area contributed by atoms with Gasteiger partial charge in [-0.1, -0.05) is 32.9 Å². The zero-order valence-electron chi connectivity index (χ0n) is 17.0. The molecule has 1 aliphatic heterocycles. The molecular formula is C23H29N3O2. The second kappa shape index (κ2) is 5.85. The van der Waals surface area contributed by atoms with E-state index in [1.165, 1.54) is 5.56 Å². The number of hydrogen-bond donors (Lipinski definition) is 2. The molecule has 0 radical (unpaired) electrons. The number of hydrogen-bond acceptors (Lipinski definition) is 3. The molecule has 1 aromatic heterocycles. The third-order valence-electron chi connectivity index (χ3n) is 8.15. The maximum atomic E-state index is 13.6. The molecule has 1 saturated heterocycles. The Morgan fingerprint density at radius 3 is 2.82 bits per heavy atom. The molecule has 2 aromatic rings. The molecule has 1 amide bonds. The Balaban J connectivity index is 1.57. The summed E-state index contributed by atoms with van der Waals surface area (Å²) in [6.45, 7) is 7.60. The van der Waals surface area contributed by atoms with Crippen molar-refractivity contribution in [2.45, 2.75) is 70.8 Å². The highest BCUT2D eigenvalue weighted by Gasteiger charge is 2.57. The van der Waals surface area contributed by atoms with E-state index >= 15 is 0 Å². The molecule has 5 heteroatoms. The Labute approximate surface area is 166 Å². The maximum Gasteiger partial charge on any atom is 0.274 e. The van der Waals surface area contributed by atoms with E-state index in [0.717, 1.165) is 55.5 Å². The Kier molecular flexibility index (Phi) is 3.71. The topological polar surface area (TPSA) is 69.2 Å². The molecule has 5 rings (SSSR count). The van der Waals surface area contributed by atoms with E-state index < -0.39 is 0 Å². The van der Waals surface area contributed by atoms with Crippen molar-refractivity contribution in [1.29, 1.82) is 0 Å². The smallest absolute Gasteiger partial charge is 0.274 e. The van der Waals surface area contributed by atoms with E-state index in [4.69, 9.17) is 0 Å². The summed E-state index contributed by atoms with van der Waals surface area (Å²) < 4.78 is 0. The van der Waals surface area contributed by atoms with Gasteiger partial charge in [0.15, 0.2) is 5.69 Å². The van der Waals surface area contributed by atoms with E-state index in [1.54, 1.807) is 6.07 Å². The lowest BCUT2D eigenvalue weighted by Gasteiger charge is -2.60. The summed E-state index contributed by atoms with van der Waals surface area (Å²) in [5.41, 5.74) is 5.00. The molecule has 0 saturated carbocycles. The van der Waals surface area contributed by atoms with Crippen LogP contribution >= 0.6 is 0 Å². The van der Waals surface area contributed by atoms with Crippen LogP contribution in [0.5, 0.6) is 5.75 Å². The number of fused-ring (bicyclic) bond motifs is 5. The molecule has 2 heterocycles. The Morgan fingerprint density at radius 2 is 2.00 bits per heavy atom. The van der Waals surface area contributed by atoms with Crippen LogP contribution in [0.15, 0.2) is 18.2 Å². The fraction of sp³-hybridized carbons (Fsp3) is 0.565. The molecule has 0 spiro atoms. The standard InChI is InChI=1S/C23H29N3O2/c1-22(2)19-13-15-16(8-6-10-18(15)27)23(22,3)11-12-26(19)21(28)20-14-7-4-5-9-17(14)24-25-20/h6,8,10,19,27H,4-5,7,9,11-13H2,1-3H3,(H,24,25). The minimum atomic E-state index is -0.0852. The van der Waals surface area contributed by atoms with Gasteiger partial charge in [-0.25, -0.2) is 0 Å². The van der Waals surface area contributed by atoms with E-state index in [1.807, 2.05) is 11.0 Å². The zero-order valence-corrected chi connectivity index (χ0v) is 17.0. The SMILES string of the molecule is CC12CCN(C(=O)c3n[nH]c4c3CCCC4)C(Cc3c(O)cccc31)C2(C)C. The number of phenols is 1. The molecule has 2 N–H and O–H groups in total. The number of benzene rings is 1. The van der Waals surface area contributed by atoms with Crippen LogP contribution in [0.25, 0.3) is 0 Å². The van der Waals surface area contributed by atoms with Gasteiger partial charge in [-0.2, -0.15) is 5.10 Å². The highest BCUT2D eigenvalue weighted by atomic mass is 16.3. The first kappa shape index (κ1) is 17.8. The van der Waals surface area contributed by atoms with Gasteiger partial charge < -0.3 is 10.0 Å². The van der Waals surface area contributed by atoms with Crippen LogP contribution in [0.2, 0.25) is 0 Å². The number of carbonyl (C=O) groups is 1. The summed E-state index contributed by atoms with van der Waals surface area (Å²) in [4.78, 5) is 15.6. The second-order valence-corrected chi connectivity index (χ2v) is 9.56. The highest BCUT2D eigenvalue weighted by molar-refractivity contribution is 5.94. The number of H-pyrrole nitrogens is 1.